The average Bonchev–Trinajstić information content (AvgIpc) is 2.49. The fraction of sp³-hybridized carbons (Fsp3) is 0.467. The van der Waals surface area contributed by atoms with Crippen LogP contribution in [0.1, 0.15) is 30.6 Å². The fourth-order valence-electron chi connectivity index (χ4n) is 1.83. The molecule has 0 aliphatic heterocycles. The molecule has 0 radical (unpaired) electrons. The van der Waals surface area contributed by atoms with Gasteiger partial charge in [0.1, 0.15) is 0 Å². The zero-order valence-electron chi connectivity index (χ0n) is 12.4. The second-order valence-corrected chi connectivity index (χ2v) is 4.46. The van der Waals surface area contributed by atoms with Gasteiger partial charge in [-0.25, -0.2) is 0 Å². The van der Waals surface area contributed by atoms with E-state index in [1.807, 2.05) is 25.1 Å². The number of carbonyl (C=O) groups is 2. The Morgan fingerprint density at radius 2 is 1.90 bits per heavy atom. The minimum atomic E-state index is -0.167. The minimum Gasteiger partial charge on any atom is -0.384 e. The topological polar surface area (TPSA) is 61.4 Å². The van der Waals surface area contributed by atoms with E-state index < -0.39 is 0 Å². The molecule has 0 aromatic heterocycles. The lowest BCUT2D eigenvalue weighted by Crippen LogP contribution is -2.39. The van der Waals surface area contributed by atoms with E-state index >= 15 is 0 Å². The first-order chi connectivity index (χ1) is 9.63. The quantitative estimate of drug-likeness (QED) is 0.797. The van der Waals surface area contributed by atoms with Gasteiger partial charge < -0.3 is 15.5 Å². The van der Waals surface area contributed by atoms with Gasteiger partial charge in [0.25, 0.3) is 5.91 Å². The van der Waals surface area contributed by atoms with E-state index in [-0.39, 0.29) is 18.4 Å². The predicted octanol–water partition coefficient (Wildman–Crippen LogP) is 1.72. The van der Waals surface area contributed by atoms with Crippen LogP contribution in [-0.2, 0) is 4.79 Å². The zero-order chi connectivity index (χ0) is 15.0. The van der Waals surface area contributed by atoms with Crippen molar-refractivity contribution in [2.75, 3.05) is 32.0 Å². The molecular formula is C15H23N3O2. The zero-order valence-corrected chi connectivity index (χ0v) is 12.4. The van der Waals surface area contributed by atoms with E-state index in [0.29, 0.717) is 12.1 Å². The first kappa shape index (κ1) is 16.0. The molecule has 0 unspecified atom stereocenters. The Morgan fingerprint density at radius 3 is 2.50 bits per heavy atom. The largest absolute Gasteiger partial charge is 0.384 e. The van der Waals surface area contributed by atoms with Gasteiger partial charge in [-0.3, -0.25) is 9.59 Å². The summed E-state index contributed by atoms with van der Waals surface area (Å²) in [5.41, 5.74) is 1.42. The lowest BCUT2D eigenvalue weighted by Gasteiger charge is -2.21. The molecular weight excluding hydrogens is 254 g/mol. The number of carbonyl (C=O) groups excluding carboxylic acids is 2. The van der Waals surface area contributed by atoms with E-state index in [1.165, 1.54) is 4.90 Å². The third kappa shape index (κ3) is 4.26. The highest BCUT2D eigenvalue weighted by Gasteiger charge is 2.19. The van der Waals surface area contributed by atoms with Crippen LogP contribution >= 0.6 is 0 Å². The van der Waals surface area contributed by atoms with Gasteiger partial charge >= 0.3 is 0 Å². The molecule has 1 aromatic carbocycles. The Balaban J connectivity index is 2.91. The minimum absolute atomic E-state index is 0.0773. The van der Waals surface area contributed by atoms with Crippen LogP contribution in [0.4, 0.5) is 5.69 Å². The van der Waals surface area contributed by atoms with Crippen LogP contribution in [0.3, 0.4) is 0 Å². The number of anilines is 1. The Morgan fingerprint density at radius 1 is 1.20 bits per heavy atom. The van der Waals surface area contributed by atoms with Gasteiger partial charge in [0.15, 0.2) is 0 Å². The number of hydrogen-bond acceptors (Lipinski definition) is 3. The maximum Gasteiger partial charge on any atom is 0.256 e. The van der Waals surface area contributed by atoms with Crippen LogP contribution in [0.2, 0.25) is 0 Å². The number of nitrogens with zero attached hydrogens (tertiary/aromatic N) is 1. The highest BCUT2D eigenvalue weighted by atomic mass is 16.2. The second-order valence-electron chi connectivity index (χ2n) is 4.46. The van der Waals surface area contributed by atoms with Crippen molar-refractivity contribution in [3.63, 3.8) is 0 Å². The molecule has 2 amide bonds. The van der Waals surface area contributed by atoms with Crippen LogP contribution in [0.5, 0.6) is 0 Å². The van der Waals surface area contributed by atoms with E-state index in [4.69, 9.17) is 0 Å². The number of hydrogen-bond donors (Lipinski definition) is 2. The van der Waals surface area contributed by atoms with Crippen molar-refractivity contribution in [3.05, 3.63) is 29.8 Å². The van der Waals surface area contributed by atoms with Crippen molar-refractivity contribution in [2.24, 2.45) is 0 Å². The van der Waals surface area contributed by atoms with E-state index in [1.54, 1.807) is 13.1 Å². The Labute approximate surface area is 120 Å². The van der Waals surface area contributed by atoms with E-state index in [2.05, 4.69) is 17.6 Å². The summed E-state index contributed by atoms with van der Waals surface area (Å²) >= 11 is 0. The highest BCUT2D eigenvalue weighted by Crippen LogP contribution is 2.17. The molecule has 110 valence electrons. The summed E-state index contributed by atoms with van der Waals surface area (Å²) in [5, 5.41) is 5.78. The summed E-state index contributed by atoms with van der Waals surface area (Å²) in [5.74, 6) is -0.297. The Bertz CT molecular complexity index is 460. The van der Waals surface area contributed by atoms with Crippen molar-refractivity contribution in [1.29, 1.82) is 0 Å². The number of nitrogens with one attached hydrogen (secondary N) is 2. The number of likely N-dealkylation sites (N-methyl/N-ethyl adjacent to an activating group) is 2. The highest BCUT2D eigenvalue weighted by molar-refractivity contribution is 6.01. The Hall–Kier alpha value is -2.04. The molecule has 0 heterocycles. The molecule has 20 heavy (non-hydrogen) atoms. The fourth-order valence-corrected chi connectivity index (χ4v) is 1.83. The number of benzene rings is 1. The summed E-state index contributed by atoms with van der Waals surface area (Å²) in [6.45, 7) is 5.32. The van der Waals surface area contributed by atoms with Crippen LogP contribution < -0.4 is 10.6 Å². The molecule has 0 saturated heterocycles. The van der Waals surface area contributed by atoms with Crippen LogP contribution in [0.25, 0.3) is 0 Å². The monoisotopic (exact) mass is 277 g/mol. The summed E-state index contributed by atoms with van der Waals surface area (Å²) < 4.78 is 0. The van der Waals surface area contributed by atoms with Gasteiger partial charge in [0.2, 0.25) is 5.91 Å². The van der Waals surface area contributed by atoms with Crippen molar-refractivity contribution >= 4 is 17.5 Å². The number of para-hydroxylation sites is 1. The van der Waals surface area contributed by atoms with Gasteiger partial charge in [0.05, 0.1) is 12.1 Å². The average molecular weight is 277 g/mol. The van der Waals surface area contributed by atoms with Crippen LogP contribution in [-0.4, -0.2) is 43.4 Å². The molecule has 0 aliphatic rings. The third-order valence-electron chi connectivity index (χ3n) is 3.01. The maximum atomic E-state index is 12.5. The van der Waals surface area contributed by atoms with Crippen molar-refractivity contribution < 1.29 is 9.59 Å². The lowest BCUT2D eigenvalue weighted by atomic mass is 10.1. The lowest BCUT2D eigenvalue weighted by molar-refractivity contribution is -0.121. The van der Waals surface area contributed by atoms with E-state index in [9.17, 15) is 9.59 Å². The molecule has 1 rings (SSSR count). The molecule has 0 bridgehead atoms. The predicted molar refractivity (Wildman–Crippen MR) is 80.9 cm³/mol. The number of amides is 2. The third-order valence-corrected chi connectivity index (χ3v) is 3.01. The summed E-state index contributed by atoms with van der Waals surface area (Å²) in [6, 6.07) is 7.39. The smallest absolute Gasteiger partial charge is 0.256 e. The van der Waals surface area contributed by atoms with Crippen LogP contribution in [0, 0.1) is 0 Å². The molecule has 0 saturated carbocycles. The summed E-state index contributed by atoms with van der Waals surface area (Å²) in [4.78, 5) is 25.5. The van der Waals surface area contributed by atoms with E-state index in [0.717, 1.165) is 18.7 Å². The SMILES string of the molecule is CCCNc1ccccc1C(=O)N(CC)CC(=O)NC. The van der Waals surface area contributed by atoms with Gasteiger partial charge in [0, 0.05) is 25.8 Å². The summed E-state index contributed by atoms with van der Waals surface area (Å²) in [7, 11) is 1.57. The standard InChI is InChI=1S/C15H23N3O2/c1-4-10-17-13-9-7-6-8-12(13)15(20)18(5-2)11-14(19)16-3/h6-9,17H,4-5,10-11H2,1-3H3,(H,16,19). The Kier molecular flexibility index (Phi) is 6.56. The van der Waals surface area contributed by atoms with Gasteiger partial charge in [-0.15, -0.1) is 0 Å². The van der Waals surface area contributed by atoms with Crippen molar-refractivity contribution in [2.45, 2.75) is 20.3 Å². The molecule has 5 heteroatoms. The van der Waals surface area contributed by atoms with Gasteiger partial charge in [-0.1, -0.05) is 19.1 Å². The number of rotatable bonds is 7. The van der Waals surface area contributed by atoms with Gasteiger partial charge in [-0.2, -0.15) is 0 Å². The second kappa shape index (κ2) is 8.19. The molecule has 0 aliphatic carbocycles. The molecule has 0 atom stereocenters. The molecule has 5 nitrogen and oxygen atoms in total. The van der Waals surface area contributed by atoms with Crippen LogP contribution in [0.15, 0.2) is 24.3 Å². The first-order valence-corrected chi connectivity index (χ1v) is 6.96. The molecule has 0 spiro atoms. The normalized spacial score (nSPS) is 9.95. The molecule has 2 N–H and O–H groups in total. The van der Waals surface area contributed by atoms with Crippen molar-refractivity contribution in [1.82, 2.24) is 10.2 Å². The maximum absolute atomic E-state index is 12.5. The van der Waals surface area contributed by atoms with Gasteiger partial charge in [-0.05, 0) is 25.5 Å². The summed E-state index contributed by atoms with van der Waals surface area (Å²) in [6.07, 6.45) is 0.984. The first-order valence-electron chi connectivity index (χ1n) is 6.96. The molecule has 0 fully saturated rings. The molecule has 1 aromatic rings. The van der Waals surface area contributed by atoms with Crippen molar-refractivity contribution in [3.8, 4) is 0 Å².